The third-order valence-corrected chi connectivity index (χ3v) is 3.04. The smallest absolute Gasteiger partial charge is 0.118 e. The molecule has 2 aromatic heterocycles. The van der Waals surface area contributed by atoms with Gasteiger partial charge in [-0.1, -0.05) is 6.07 Å². The van der Waals surface area contributed by atoms with E-state index < -0.39 is 0 Å². The molecule has 0 aliphatic carbocycles. The lowest BCUT2D eigenvalue weighted by Gasteiger charge is -2.15. The second-order valence-electron chi connectivity index (χ2n) is 4.86. The first-order valence-electron chi connectivity index (χ1n) is 6.49. The Balaban J connectivity index is 1.96. The molecule has 0 saturated heterocycles. The molecule has 19 heavy (non-hydrogen) atoms. The number of aryl methyl sites for hydroxylation is 1. The van der Waals surface area contributed by atoms with Crippen LogP contribution in [0.4, 0.5) is 0 Å². The van der Waals surface area contributed by atoms with Crippen LogP contribution in [0, 0.1) is 6.92 Å². The summed E-state index contributed by atoms with van der Waals surface area (Å²) < 4.78 is 5.70. The van der Waals surface area contributed by atoms with Crippen molar-refractivity contribution < 1.29 is 4.42 Å². The minimum absolute atomic E-state index is 0.771. The Kier molecular flexibility index (Phi) is 4.71. The van der Waals surface area contributed by atoms with Crippen molar-refractivity contribution in [1.82, 2.24) is 15.2 Å². The Morgan fingerprint density at radius 1 is 1.37 bits per heavy atom. The summed E-state index contributed by atoms with van der Waals surface area (Å²) in [6, 6.07) is 6.20. The average Bonchev–Trinajstić information content (AvgIpc) is 2.71. The number of nitrogens with one attached hydrogen (secondary N) is 1. The highest BCUT2D eigenvalue weighted by atomic mass is 16.3. The van der Waals surface area contributed by atoms with Gasteiger partial charge < -0.3 is 9.73 Å². The van der Waals surface area contributed by atoms with Crippen LogP contribution in [-0.2, 0) is 19.6 Å². The third-order valence-electron chi connectivity index (χ3n) is 3.04. The van der Waals surface area contributed by atoms with Crippen LogP contribution in [-0.4, -0.2) is 24.0 Å². The number of nitrogens with zero attached hydrogens (tertiary/aromatic N) is 2. The highest BCUT2D eigenvalue weighted by Gasteiger charge is 2.09. The molecule has 0 fully saturated rings. The maximum Gasteiger partial charge on any atom is 0.118 e. The van der Waals surface area contributed by atoms with Gasteiger partial charge in [-0.15, -0.1) is 0 Å². The van der Waals surface area contributed by atoms with Gasteiger partial charge >= 0.3 is 0 Å². The maximum absolute atomic E-state index is 5.70. The minimum Gasteiger partial charge on any atom is -0.465 e. The Hall–Kier alpha value is -1.65. The first kappa shape index (κ1) is 13.8. The molecule has 0 unspecified atom stereocenters. The minimum atomic E-state index is 0.771. The monoisotopic (exact) mass is 259 g/mol. The number of pyridine rings is 1. The SMILES string of the molecule is CNCc1cc(CN(C)Cc2cccnc2)c(C)o1. The molecule has 0 spiro atoms. The van der Waals surface area contributed by atoms with Crippen molar-refractivity contribution in [1.29, 1.82) is 0 Å². The van der Waals surface area contributed by atoms with Crippen LogP contribution in [0.5, 0.6) is 0 Å². The normalized spacial score (nSPS) is 11.2. The van der Waals surface area contributed by atoms with Crippen molar-refractivity contribution in [3.63, 3.8) is 0 Å². The average molecular weight is 259 g/mol. The number of hydrogen-bond donors (Lipinski definition) is 1. The zero-order valence-electron chi connectivity index (χ0n) is 11.8. The van der Waals surface area contributed by atoms with Crippen molar-refractivity contribution in [3.05, 3.63) is 53.2 Å². The standard InChI is InChI=1S/C15H21N3O/c1-12-14(7-15(19-12)9-16-2)11-18(3)10-13-5-4-6-17-8-13/h4-8,16H,9-11H2,1-3H3. The van der Waals surface area contributed by atoms with Crippen molar-refractivity contribution >= 4 is 0 Å². The van der Waals surface area contributed by atoms with E-state index in [4.69, 9.17) is 4.42 Å². The summed E-state index contributed by atoms with van der Waals surface area (Å²) in [4.78, 5) is 6.40. The van der Waals surface area contributed by atoms with Crippen LogP contribution in [0.15, 0.2) is 35.0 Å². The van der Waals surface area contributed by atoms with E-state index in [-0.39, 0.29) is 0 Å². The summed E-state index contributed by atoms with van der Waals surface area (Å²) in [7, 11) is 4.03. The van der Waals surface area contributed by atoms with Gasteiger partial charge in [0.05, 0.1) is 6.54 Å². The van der Waals surface area contributed by atoms with E-state index >= 15 is 0 Å². The predicted molar refractivity (Wildman–Crippen MR) is 75.6 cm³/mol. The lowest BCUT2D eigenvalue weighted by atomic mass is 10.2. The van der Waals surface area contributed by atoms with Crippen LogP contribution >= 0.6 is 0 Å². The second kappa shape index (κ2) is 6.50. The van der Waals surface area contributed by atoms with Gasteiger partial charge in [-0.05, 0) is 38.7 Å². The molecule has 102 valence electrons. The number of rotatable bonds is 6. The highest BCUT2D eigenvalue weighted by molar-refractivity contribution is 5.21. The van der Waals surface area contributed by atoms with Gasteiger partial charge in [-0.25, -0.2) is 0 Å². The topological polar surface area (TPSA) is 41.3 Å². The molecule has 0 amide bonds. The molecule has 0 aromatic carbocycles. The van der Waals surface area contributed by atoms with Crippen molar-refractivity contribution in [2.24, 2.45) is 0 Å². The molecular formula is C15H21N3O. The maximum atomic E-state index is 5.70. The molecular weight excluding hydrogens is 238 g/mol. The van der Waals surface area contributed by atoms with E-state index in [0.717, 1.165) is 31.2 Å². The van der Waals surface area contributed by atoms with E-state index in [9.17, 15) is 0 Å². The molecule has 2 rings (SSSR count). The summed E-state index contributed by atoms with van der Waals surface area (Å²) in [6.45, 7) is 4.56. The zero-order chi connectivity index (χ0) is 13.7. The van der Waals surface area contributed by atoms with E-state index in [1.54, 1.807) is 6.20 Å². The van der Waals surface area contributed by atoms with Gasteiger partial charge in [0.15, 0.2) is 0 Å². The second-order valence-corrected chi connectivity index (χ2v) is 4.86. The molecule has 0 saturated carbocycles. The fraction of sp³-hybridized carbons (Fsp3) is 0.400. The van der Waals surface area contributed by atoms with Crippen molar-refractivity contribution in [2.45, 2.75) is 26.6 Å². The van der Waals surface area contributed by atoms with Crippen molar-refractivity contribution in [3.8, 4) is 0 Å². The van der Waals surface area contributed by atoms with E-state index in [1.165, 1.54) is 11.1 Å². The van der Waals surface area contributed by atoms with Gasteiger partial charge in [-0.3, -0.25) is 9.88 Å². The quantitative estimate of drug-likeness (QED) is 0.864. The van der Waals surface area contributed by atoms with Crippen LogP contribution < -0.4 is 5.32 Å². The largest absolute Gasteiger partial charge is 0.465 e. The summed E-state index contributed by atoms with van der Waals surface area (Å²) >= 11 is 0. The van der Waals surface area contributed by atoms with Gasteiger partial charge in [0, 0.05) is 31.0 Å². The first-order chi connectivity index (χ1) is 9.19. The van der Waals surface area contributed by atoms with Crippen LogP contribution in [0.3, 0.4) is 0 Å². The molecule has 0 radical (unpaired) electrons. The summed E-state index contributed by atoms with van der Waals surface area (Å²) in [5.74, 6) is 1.99. The van der Waals surface area contributed by atoms with E-state index in [1.807, 2.05) is 26.2 Å². The summed E-state index contributed by atoms with van der Waals surface area (Å²) in [6.07, 6.45) is 3.71. The fourth-order valence-electron chi connectivity index (χ4n) is 2.16. The number of hydrogen-bond acceptors (Lipinski definition) is 4. The summed E-state index contributed by atoms with van der Waals surface area (Å²) in [5, 5.41) is 3.10. The molecule has 0 atom stereocenters. The Morgan fingerprint density at radius 3 is 2.89 bits per heavy atom. The van der Waals surface area contributed by atoms with Gasteiger partial charge in [-0.2, -0.15) is 0 Å². The first-order valence-corrected chi connectivity index (χ1v) is 6.49. The van der Waals surface area contributed by atoms with Crippen LogP contribution in [0.25, 0.3) is 0 Å². The van der Waals surface area contributed by atoms with Crippen LogP contribution in [0.2, 0.25) is 0 Å². The van der Waals surface area contributed by atoms with E-state index in [2.05, 4.69) is 34.4 Å². The molecule has 4 heteroatoms. The fourth-order valence-corrected chi connectivity index (χ4v) is 2.16. The Bertz CT molecular complexity index is 507. The molecule has 0 bridgehead atoms. The predicted octanol–water partition coefficient (Wildman–Crippen LogP) is 2.33. The Labute approximate surface area is 114 Å². The molecule has 1 N–H and O–H groups in total. The van der Waals surface area contributed by atoms with Gasteiger partial charge in [0.1, 0.15) is 11.5 Å². The third kappa shape index (κ3) is 3.91. The molecule has 0 aliphatic heterocycles. The lowest BCUT2D eigenvalue weighted by Crippen LogP contribution is -2.17. The van der Waals surface area contributed by atoms with Gasteiger partial charge in [0.2, 0.25) is 0 Å². The number of aromatic nitrogens is 1. The molecule has 0 aliphatic rings. The highest BCUT2D eigenvalue weighted by Crippen LogP contribution is 2.17. The summed E-state index contributed by atoms with van der Waals surface area (Å²) in [5.41, 5.74) is 2.47. The molecule has 2 aromatic rings. The van der Waals surface area contributed by atoms with Crippen molar-refractivity contribution in [2.75, 3.05) is 14.1 Å². The van der Waals surface area contributed by atoms with Gasteiger partial charge in [0.25, 0.3) is 0 Å². The van der Waals surface area contributed by atoms with Crippen LogP contribution in [0.1, 0.15) is 22.6 Å². The van der Waals surface area contributed by atoms with E-state index in [0.29, 0.717) is 0 Å². The lowest BCUT2D eigenvalue weighted by molar-refractivity contribution is 0.316. The number of furan rings is 1. The molecule has 2 heterocycles. The zero-order valence-corrected chi connectivity index (χ0v) is 11.8. The molecule has 4 nitrogen and oxygen atoms in total. The Morgan fingerprint density at radius 2 is 2.21 bits per heavy atom.